The Morgan fingerprint density at radius 2 is 1.63 bits per heavy atom. The fourth-order valence-corrected chi connectivity index (χ4v) is 1.96. The van der Waals surface area contributed by atoms with E-state index in [1.807, 2.05) is 6.92 Å². The lowest BCUT2D eigenvalue weighted by Crippen LogP contribution is -2.00. The van der Waals surface area contributed by atoms with Gasteiger partial charge in [0.2, 0.25) is 0 Å². The van der Waals surface area contributed by atoms with Crippen molar-refractivity contribution in [3.8, 4) is 11.1 Å². The first-order valence-electron chi connectivity index (χ1n) is 6.09. The summed E-state index contributed by atoms with van der Waals surface area (Å²) in [6, 6.07) is 13.9. The van der Waals surface area contributed by atoms with Gasteiger partial charge in [0.05, 0.1) is 5.56 Å². The van der Waals surface area contributed by atoms with Crippen molar-refractivity contribution in [2.24, 2.45) is 0 Å². The topological polar surface area (TPSA) is 54.4 Å². The van der Waals surface area contributed by atoms with E-state index < -0.39 is 5.97 Å². The number of aromatic carboxylic acids is 1. The van der Waals surface area contributed by atoms with Crippen LogP contribution in [-0.4, -0.2) is 16.9 Å². The summed E-state index contributed by atoms with van der Waals surface area (Å²) < 4.78 is 0. The fourth-order valence-electron chi connectivity index (χ4n) is 1.96. The molecule has 2 aromatic rings. The highest BCUT2D eigenvalue weighted by Gasteiger charge is 2.11. The Morgan fingerprint density at radius 3 is 2.21 bits per heavy atom. The molecular formula is C16H14O3. The maximum absolute atomic E-state index is 11.5. The average Bonchev–Trinajstić information content (AvgIpc) is 2.46. The van der Waals surface area contributed by atoms with Crippen LogP contribution in [0.25, 0.3) is 11.1 Å². The number of benzene rings is 2. The molecule has 2 aromatic carbocycles. The smallest absolute Gasteiger partial charge is 0.336 e. The number of carbonyl (C=O) groups excluding carboxylic acids is 1. The molecule has 0 amide bonds. The molecule has 1 N–H and O–H groups in total. The van der Waals surface area contributed by atoms with E-state index in [4.69, 9.17) is 5.11 Å². The predicted molar refractivity (Wildman–Crippen MR) is 73.5 cm³/mol. The molecule has 0 spiro atoms. The first-order valence-corrected chi connectivity index (χ1v) is 6.09. The molecule has 0 heterocycles. The molecule has 0 unspecified atom stereocenters. The highest BCUT2D eigenvalue weighted by atomic mass is 16.4. The molecule has 0 bridgehead atoms. The number of hydrogen-bond donors (Lipinski definition) is 1. The summed E-state index contributed by atoms with van der Waals surface area (Å²) in [5, 5.41) is 9.15. The number of carboxylic acid groups (broad SMARTS) is 1. The second-order valence-corrected chi connectivity index (χ2v) is 4.20. The molecule has 0 fully saturated rings. The number of hydrogen-bond acceptors (Lipinski definition) is 2. The third-order valence-electron chi connectivity index (χ3n) is 3.00. The maximum Gasteiger partial charge on any atom is 0.336 e. The third-order valence-corrected chi connectivity index (χ3v) is 3.00. The molecule has 0 atom stereocenters. The molecule has 0 aliphatic carbocycles. The maximum atomic E-state index is 11.5. The van der Waals surface area contributed by atoms with E-state index in [1.54, 1.807) is 48.5 Å². The molecule has 0 saturated carbocycles. The molecule has 19 heavy (non-hydrogen) atoms. The number of rotatable bonds is 4. The minimum Gasteiger partial charge on any atom is -0.478 e. The highest BCUT2D eigenvalue weighted by Crippen LogP contribution is 2.24. The number of carboxylic acids is 1. The van der Waals surface area contributed by atoms with Crippen molar-refractivity contribution in [2.45, 2.75) is 13.3 Å². The van der Waals surface area contributed by atoms with E-state index in [9.17, 15) is 9.59 Å². The van der Waals surface area contributed by atoms with Crippen LogP contribution in [0.5, 0.6) is 0 Å². The zero-order chi connectivity index (χ0) is 13.8. The normalized spacial score (nSPS) is 10.2. The van der Waals surface area contributed by atoms with Gasteiger partial charge in [-0.1, -0.05) is 49.4 Å². The van der Waals surface area contributed by atoms with Crippen LogP contribution >= 0.6 is 0 Å². The molecule has 2 rings (SSSR count). The molecule has 0 aromatic heterocycles. The van der Waals surface area contributed by atoms with Gasteiger partial charge < -0.3 is 5.11 Å². The summed E-state index contributed by atoms with van der Waals surface area (Å²) in [4.78, 5) is 22.7. The molecule has 0 radical (unpaired) electrons. The first-order chi connectivity index (χ1) is 9.13. The monoisotopic (exact) mass is 254 g/mol. The Labute approximate surface area is 111 Å². The van der Waals surface area contributed by atoms with Crippen molar-refractivity contribution in [1.29, 1.82) is 0 Å². The molecule has 0 aliphatic rings. The van der Waals surface area contributed by atoms with Gasteiger partial charge >= 0.3 is 5.97 Å². The highest BCUT2D eigenvalue weighted by molar-refractivity contribution is 5.98. The van der Waals surface area contributed by atoms with E-state index in [0.29, 0.717) is 17.5 Å². The summed E-state index contributed by atoms with van der Waals surface area (Å²) in [5.41, 5.74) is 2.37. The van der Waals surface area contributed by atoms with Gasteiger partial charge in [0.25, 0.3) is 0 Å². The van der Waals surface area contributed by atoms with Crippen LogP contribution in [0.15, 0.2) is 48.5 Å². The van der Waals surface area contributed by atoms with E-state index in [0.717, 1.165) is 5.56 Å². The van der Waals surface area contributed by atoms with Gasteiger partial charge in [0.1, 0.15) is 0 Å². The van der Waals surface area contributed by atoms with Crippen LogP contribution in [0.2, 0.25) is 0 Å². The van der Waals surface area contributed by atoms with Gasteiger partial charge in [-0.25, -0.2) is 4.79 Å². The van der Waals surface area contributed by atoms with E-state index >= 15 is 0 Å². The standard InChI is InChI=1S/C16H14O3/c1-2-15(17)12-9-7-11(8-10-12)13-5-3-4-6-14(13)16(18)19/h3-10H,2H2,1H3,(H,18,19). The van der Waals surface area contributed by atoms with Crippen LogP contribution < -0.4 is 0 Å². The SMILES string of the molecule is CCC(=O)c1ccc(-c2ccccc2C(=O)O)cc1. The quantitative estimate of drug-likeness (QED) is 0.847. The van der Waals surface area contributed by atoms with Gasteiger partial charge in [0.15, 0.2) is 5.78 Å². The minimum absolute atomic E-state index is 0.0815. The second kappa shape index (κ2) is 5.48. The van der Waals surface area contributed by atoms with Crippen LogP contribution in [0.3, 0.4) is 0 Å². The van der Waals surface area contributed by atoms with Gasteiger partial charge in [-0.05, 0) is 17.2 Å². The van der Waals surface area contributed by atoms with Crippen molar-refractivity contribution in [3.05, 3.63) is 59.7 Å². The average molecular weight is 254 g/mol. The van der Waals surface area contributed by atoms with Gasteiger partial charge in [-0.15, -0.1) is 0 Å². The lowest BCUT2D eigenvalue weighted by atomic mass is 9.98. The van der Waals surface area contributed by atoms with Crippen molar-refractivity contribution in [3.63, 3.8) is 0 Å². The molecule has 96 valence electrons. The Balaban J connectivity index is 2.43. The lowest BCUT2D eigenvalue weighted by Gasteiger charge is -2.06. The largest absolute Gasteiger partial charge is 0.478 e. The summed E-state index contributed by atoms with van der Waals surface area (Å²) in [6.45, 7) is 1.82. The second-order valence-electron chi connectivity index (χ2n) is 4.20. The van der Waals surface area contributed by atoms with Crippen LogP contribution in [0.1, 0.15) is 34.1 Å². The Morgan fingerprint density at radius 1 is 1.00 bits per heavy atom. The first kappa shape index (κ1) is 13.0. The predicted octanol–water partition coefficient (Wildman–Crippen LogP) is 3.64. The summed E-state index contributed by atoms with van der Waals surface area (Å²) in [5.74, 6) is -0.873. The van der Waals surface area contributed by atoms with E-state index in [1.165, 1.54) is 0 Å². The number of ketones is 1. The zero-order valence-electron chi connectivity index (χ0n) is 10.6. The number of Topliss-reactive ketones (excluding diaryl/α,β-unsaturated/α-hetero) is 1. The Bertz CT molecular complexity index is 612. The van der Waals surface area contributed by atoms with Gasteiger partial charge in [0, 0.05) is 12.0 Å². The molecule has 3 nitrogen and oxygen atoms in total. The van der Waals surface area contributed by atoms with Gasteiger partial charge in [-0.2, -0.15) is 0 Å². The van der Waals surface area contributed by atoms with E-state index in [2.05, 4.69) is 0 Å². The van der Waals surface area contributed by atoms with Crippen molar-refractivity contribution >= 4 is 11.8 Å². The Kier molecular flexibility index (Phi) is 3.76. The van der Waals surface area contributed by atoms with Gasteiger partial charge in [-0.3, -0.25) is 4.79 Å². The number of carbonyl (C=O) groups is 2. The summed E-state index contributed by atoms with van der Waals surface area (Å²) in [6.07, 6.45) is 0.463. The minimum atomic E-state index is -0.954. The molecular weight excluding hydrogens is 240 g/mol. The summed E-state index contributed by atoms with van der Waals surface area (Å²) >= 11 is 0. The molecule has 0 saturated heterocycles. The van der Waals surface area contributed by atoms with E-state index in [-0.39, 0.29) is 11.3 Å². The van der Waals surface area contributed by atoms with Crippen molar-refractivity contribution in [2.75, 3.05) is 0 Å². The third kappa shape index (κ3) is 2.71. The van der Waals surface area contributed by atoms with Crippen molar-refractivity contribution < 1.29 is 14.7 Å². The molecule has 3 heteroatoms. The Hall–Kier alpha value is -2.42. The summed E-state index contributed by atoms with van der Waals surface area (Å²) in [7, 11) is 0. The zero-order valence-corrected chi connectivity index (χ0v) is 10.6. The fraction of sp³-hybridized carbons (Fsp3) is 0.125. The van der Waals surface area contributed by atoms with Crippen LogP contribution in [0, 0.1) is 0 Å². The lowest BCUT2D eigenvalue weighted by molar-refractivity contribution is 0.0697. The molecule has 0 aliphatic heterocycles. The van der Waals surface area contributed by atoms with Crippen LogP contribution in [0.4, 0.5) is 0 Å². The van der Waals surface area contributed by atoms with Crippen LogP contribution in [-0.2, 0) is 0 Å². The van der Waals surface area contributed by atoms with Crippen molar-refractivity contribution in [1.82, 2.24) is 0 Å².